The van der Waals surface area contributed by atoms with E-state index >= 15 is 0 Å². The lowest BCUT2D eigenvalue weighted by Gasteiger charge is -2.38. The third kappa shape index (κ3) is 4.66. The molecule has 0 aromatic carbocycles. The molecule has 0 saturated carbocycles. The van der Waals surface area contributed by atoms with E-state index in [4.69, 9.17) is 0 Å². The van der Waals surface area contributed by atoms with Crippen LogP contribution in [0.25, 0.3) is 0 Å². The van der Waals surface area contributed by atoms with Crippen molar-refractivity contribution in [3.63, 3.8) is 0 Å². The van der Waals surface area contributed by atoms with E-state index in [1.165, 1.54) is 0 Å². The summed E-state index contributed by atoms with van der Waals surface area (Å²) in [6.45, 7) is 10.6. The molecule has 0 aromatic heterocycles. The van der Waals surface area contributed by atoms with E-state index in [2.05, 4.69) is 32.6 Å². The average Bonchev–Trinajstić information content (AvgIpc) is 2.28. The second kappa shape index (κ2) is 7.70. The first kappa shape index (κ1) is 16.4. The normalized spacial score (nSPS) is 15.4. The van der Waals surface area contributed by atoms with Crippen LogP contribution in [0.5, 0.6) is 0 Å². The van der Waals surface area contributed by atoms with Gasteiger partial charge in [0.05, 0.1) is 5.92 Å². The van der Waals surface area contributed by atoms with Gasteiger partial charge in [0.25, 0.3) is 0 Å². The molecule has 0 aliphatic rings. The van der Waals surface area contributed by atoms with Crippen LogP contribution in [0.15, 0.2) is 0 Å². The quantitative estimate of drug-likeness (QED) is 0.475. The Morgan fingerprint density at radius 1 is 1.18 bits per heavy atom. The first-order valence-corrected chi connectivity index (χ1v) is 6.78. The molecule has 0 heterocycles. The van der Waals surface area contributed by atoms with Gasteiger partial charge in [-0.05, 0) is 30.6 Å². The SMILES string of the molecule is CCCC(C(CC)C(=O)O[O])C(C)(C)CCC. The summed E-state index contributed by atoms with van der Waals surface area (Å²) in [5.41, 5.74) is 0.0830. The largest absolute Gasteiger partial charge is 0.349 e. The Bertz CT molecular complexity index is 224. The molecule has 0 rings (SSSR count). The van der Waals surface area contributed by atoms with E-state index in [1.807, 2.05) is 6.92 Å². The third-order valence-electron chi connectivity index (χ3n) is 3.81. The summed E-state index contributed by atoms with van der Waals surface area (Å²) >= 11 is 0. The minimum absolute atomic E-state index is 0.0830. The van der Waals surface area contributed by atoms with Crippen LogP contribution in [0.3, 0.4) is 0 Å². The van der Waals surface area contributed by atoms with Gasteiger partial charge in [0.2, 0.25) is 0 Å². The third-order valence-corrected chi connectivity index (χ3v) is 3.81. The highest BCUT2D eigenvalue weighted by molar-refractivity contribution is 5.72. The molecule has 3 nitrogen and oxygen atoms in total. The minimum Gasteiger partial charge on any atom is -0.266 e. The van der Waals surface area contributed by atoms with Gasteiger partial charge >= 0.3 is 5.97 Å². The highest BCUT2D eigenvalue weighted by Crippen LogP contribution is 2.41. The average molecular weight is 243 g/mol. The molecule has 3 heteroatoms. The molecule has 17 heavy (non-hydrogen) atoms. The fraction of sp³-hybridized carbons (Fsp3) is 0.929. The highest BCUT2D eigenvalue weighted by atomic mass is 17.1. The number of carbonyl (C=O) groups excluding carboxylic acids is 1. The van der Waals surface area contributed by atoms with Gasteiger partial charge in [0.15, 0.2) is 0 Å². The summed E-state index contributed by atoms with van der Waals surface area (Å²) in [5.74, 6) is -0.608. The monoisotopic (exact) mass is 243 g/mol. The van der Waals surface area contributed by atoms with Crippen LogP contribution in [-0.2, 0) is 14.9 Å². The van der Waals surface area contributed by atoms with Crippen LogP contribution in [0, 0.1) is 17.3 Å². The summed E-state index contributed by atoms with van der Waals surface area (Å²) in [5, 5.41) is 10.4. The minimum atomic E-state index is -0.588. The predicted molar refractivity (Wildman–Crippen MR) is 67.6 cm³/mol. The van der Waals surface area contributed by atoms with Gasteiger partial charge in [-0.3, -0.25) is 4.89 Å². The molecule has 0 aliphatic heterocycles. The zero-order valence-corrected chi connectivity index (χ0v) is 11.9. The van der Waals surface area contributed by atoms with E-state index in [0.29, 0.717) is 6.42 Å². The molecule has 2 unspecified atom stereocenters. The molecule has 0 spiro atoms. The number of hydrogen-bond acceptors (Lipinski definition) is 2. The molecular formula is C14H27O3. The smallest absolute Gasteiger partial charge is 0.266 e. The van der Waals surface area contributed by atoms with Crippen molar-refractivity contribution >= 4 is 5.97 Å². The Balaban J connectivity index is 4.97. The van der Waals surface area contributed by atoms with Crippen LogP contribution in [0.4, 0.5) is 0 Å². The lowest BCUT2D eigenvalue weighted by molar-refractivity contribution is -0.284. The standard InChI is InChI=1S/C14H27O3/c1-6-9-12(14(4,5)10-7-2)11(8-3)13(15)17-16/h11-12H,6-10H2,1-5H3. The van der Waals surface area contributed by atoms with Crippen molar-refractivity contribution in [3.8, 4) is 0 Å². The Labute approximate surface area is 105 Å². The molecule has 0 aliphatic carbocycles. The van der Waals surface area contributed by atoms with Crippen LogP contribution >= 0.6 is 0 Å². The maximum absolute atomic E-state index is 11.6. The van der Waals surface area contributed by atoms with Crippen molar-refractivity contribution in [2.24, 2.45) is 17.3 Å². The van der Waals surface area contributed by atoms with Gasteiger partial charge in [-0.25, -0.2) is 4.79 Å². The van der Waals surface area contributed by atoms with Crippen LogP contribution in [-0.4, -0.2) is 5.97 Å². The molecule has 1 radical (unpaired) electrons. The Morgan fingerprint density at radius 2 is 1.76 bits per heavy atom. The second-order valence-corrected chi connectivity index (χ2v) is 5.55. The van der Waals surface area contributed by atoms with Crippen LogP contribution < -0.4 is 0 Å². The highest BCUT2D eigenvalue weighted by Gasteiger charge is 2.38. The topological polar surface area (TPSA) is 46.2 Å². The van der Waals surface area contributed by atoms with Crippen molar-refractivity contribution in [1.82, 2.24) is 0 Å². The van der Waals surface area contributed by atoms with Gasteiger partial charge in [-0.15, -0.1) is 0 Å². The zero-order chi connectivity index (χ0) is 13.5. The van der Waals surface area contributed by atoms with Gasteiger partial charge in [0.1, 0.15) is 0 Å². The molecule has 0 fully saturated rings. The summed E-state index contributed by atoms with van der Waals surface area (Å²) in [6.07, 6.45) is 4.84. The summed E-state index contributed by atoms with van der Waals surface area (Å²) in [7, 11) is 0. The van der Waals surface area contributed by atoms with Gasteiger partial charge in [-0.2, -0.15) is 0 Å². The van der Waals surface area contributed by atoms with Gasteiger partial charge < -0.3 is 0 Å². The molecule has 2 atom stereocenters. The van der Waals surface area contributed by atoms with Crippen molar-refractivity contribution in [2.45, 2.75) is 66.7 Å². The maximum Gasteiger partial charge on any atom is 0.349 e. The van der Waals surface area contributed by atoms with E-state index in [0.717, 1.165) is 25.7 Å². The maximum atomic E-state index is 11.6. The second-order valence-electron chi connectivity index (χ2n) is 5.55. The van der Waals surface area contributed by atoms with E-state index in [-0.39, 0.29) is 17.3 Å². The molecule has 0 aromatic rings. The van der Waals surface area contributed by atoms with Crippen molar-refractivity contribution in [3.05, 3.63) is 0 Å². The predicted octanol–water partition coefficient (Wildman–Crippen LogP) is 4.14. The number of carbonyl (C=O) groups is 1. The van der Waals surface area contributed by atoms with E-state index < -0.39 is 5.97 Å². The lowest BCUT2D eigenvalue weighted by Crippen LogP contribution is -2.35. The molecule has 0 bridgehead atoms. The molecule has 0 amide bonds. The molecule has 101 valence electrons. The molecule has 0 saturated heterocycles. The van der Waals surface area contributed by atoms with Crippen molar-refractivity contribution < 1.29 is 14.9 Å². The van der Waals surface area contributed by atoms with Crippen molar-refractivity contribution in [1.29, 1.82) is 0 Å². The fourth-order valence-electron chi connectivity index (χ4n) is 2.95. The number of rotatable bonds is 8. The zero-order valence-electron chi connectivity index (χ0n) is 11.9. The summed E-state index contributed by atoms with van der Waals surface area (Å²) in [4.78, 5) is 15.3. The van der Waals surface area contributed by atoms with E-state index in [1.54, 1.807) is 0 Å². The number of hydrogen-bond donors (Lipinski definition) is 0. The van der Waals surface area contributed by atoms with Gasteiger partial charge in [0, 0.05) is 5.26 Å². The Morgan fingerprint density at radius 3 is 2.12 bits per heavy atom. The van der Waals surface area contributed by atoms with E-state index in [9.17, 15) is 10.1 Å². The molecular weight excluding hydrogens is 216 g/mol. The van der Waals surface area contributed by atoms with Crippen LogP contribution in [0.1, 0.15) is 66.7 Å². The van der Waals surface area contributed by atoms with Crippen molar-refractivity contribution in [2.75, 3.05) is 0 Å². The fourth-order valence-corrected chi connectivity index (χ4v) is 2.95. The Hall–Kier alpha value is -0.570. The first-order valence-electron chi connectivity index (χ1n) is 6.78. The molecule has 0 N–H and O–H groups in total. The van der Waals surface area contributed by atoms with Crippen LogP contribution in [0.2, 0.25) is 0 Å². The Kier molecular flexibility index (Phi) is 7.44. The van der Waals surface area contributed by atoms with Gasteiger partial charge in [-0.1, -0.05) is 47.5 Å². The summed E-state index contributed by atoms with van der Waals surface area (Å²) < 4.78 is 0. The lowest BCUT2D eigenvalue weighted by atomic mass is 9.67. The first-order chi connectivity index (χ1) is 7.94. The summed E-state index contributed by atoms with van der Waals surface area (Å²) in [6, 6.07) is 0.